The Morgan fingerprint density at radius 1 is 1.10 bits per heavy atom. The number of hydrogen-bond acceptors (Lipinski definition) is 3. The number of aryl methyl sites for hydroxylation is 1. The van der Waals surface area contributed by atoms with Crippen LogP contribution in [0.3, 0.4) is 0 Å². The molecule has 0 spiro atoms. The summed E-state index contributed by atoms with van der Waals surface area (Å²) in [6.07, 6.45) is 2.45. The number of nitrogens with zero attached hydrogens (tertiary/aromatic N) is 3. The zero-order chi connectivity index (χ0) is 22.1. The average molecular weight is 410 g/mol. The van der Waals surface area contributed by atoms with Crippen molar-refractivity contribution in [3.05, 3.63) is 52.8 Å². The molecule has 3 rings (SSSR count). The predicted octanol–water partition coefficient (Wildman–Crippen LogP) is 4.65. The molecule has 2 heterocycles. The lowest BCUT2D eigenvalue weighted by molar-refractivity contribution is 0.0641. The largest absolute Gasteiger partial charge is 0.337 e. The number of carbonyl (C=O) groups excluding carboxylic acids is 2. The van der Waals surface area contributed by atoms with Crippen molar-refractivity contribution in [2.24, 2.45) is 18.9 Å². The third-order valence-electron chi connectivity index (χ3n) is 5.90. The molecule has 1 aromatic heterocycles. The van der Waals surface area contributed by atoms with Crippen LogP contribution in [0.5, 0.6) is 0 Å². The molecule has 0 saturated carbocycles. The highest BCUT2D eigenvalue weighted by Gasteiger charge is 2.30. The van der Waals surface area contributed by atoms with Crippen LogP contribution in [-0.2, 0) is 18.9 Å². The Labute approximate surface area is 180 Å². The smallest absolute Gasteiger partial charge is 0.272 e. The van der Waals surface area contributed by atoms with Gasteiger partial charge in [-0.1, -0.05) is 58.9 Å². The minimum absolute atomic E-state index is 0.00411. The molecule has 0 N–H and O–H groups in total. The molecule has 0 unspecified atom stereocenters. The van der Waals surface area contributed by atoms with Crippen LogP contribution in [0.4, 0.5) is 0 Å². The number of amides is 1. The molecule has 1 aliphatic rings. The molecule has 30 heavy (non-hydrogen) atoms. The van der Waals surface area contributed by atoms with Gasteiger partial charge in [-0.15, -0.1) is 0 Å². The second-order valence-electron chi connectivity index (χ2n) is 10.0. The summed E-state index contributed by atoms with van der Waals surface area (Å²) < 4.78 is 1.68. The molecule has 2 aromatic rings. The van der Waals surface area contributed by atoms with E-state index >= 15 is 0 Å². The van der Waals surface area contributed by atoms with Crippen molar-refractivity contribution in [2.45, 2.75) is 59.3 Å². The van der Waals surface area contributed by atoms with E-state index in [9.17, 15) is 9.59 Å². The molecule has 5 nitrogen and oxygen atoms in total. The van der Waals surface area contributed by atoms with Crippen LogP contribution in [0, 0.1) is 11.8 Å². The Bertz CT molecular complexity index is 895. The predicted molar refractivity (Wildman–Crippen MR) is 120 cm³/mol. The fourth-order valence-corrected chi connectivity index (χ4v) is 4.05. The fraction of sp³-hybridized carbons (Fsp3) is 0.560. The summed E-state index contributed by atoms with van der Waals surface area (Å²) in [6, 6.07) is 9.96. The molecule has 5 heteroatoms. The number of rotatable bonds is 5. The first-order chi connectivity index (χ1) is 14.1. The van der Waals surface area contributed by atoms with E-state index in [0.717, 1.165) is 17.7 Å². The molecular weight excluding hydrogens is 374 g/mol. The van der Waals surface area contributed by atoms with Crippen molar-refractivity contribution in [1.82, 2.24) is 14.7 Å². The van der Waals surface area contributed by atoms with Crippen LogP contribution in [0.15, 0.2) is 30.3 Å². The van der Waals surface area contributed by atoms with Crippen molar-refractivity contribution in [3.63, 3.8) is 0 Å². The van der Waals surface area contributed by atoms with Gasteiger partial charge in [0.15, 0.2) is 5.78 Å². The van der Waals surface area contributed by atoms with Crippen LogP contribution in [0.2, 0.25) is 0 Å². The van der Waals surface area contributed by atoms with E-state index in [1.807, 2.05) is 30.1 Å². The lowest BCUT2D eigenvalue weighted by atomic mass is 9.88. The molecule has 1 saturated heterocycles. The zero-order valence-corrected chi connectivity index (χ0v) is 19.2. The maximum Gasteiger partial charge on any atom is 0.272 e. The summed E-state index contributed by atoms with van der Waals surface area (Å²) in [5.41, 5.74) is 3.49. The average Bonchev–Trinajstić information content (AvgIpc) is 3.09. The summed E-state index contributed by atoms with van der Waals surface area (Å²) in [4.78, 5) is 27.8. The highest BCUT2D eigenvalue weighted by Crippen LogP contribution is 2.25. The molecule has 0 aliphatic carbocycles. The highest BCUT2D eigenvalue weighted by molar-refractivity contribution is 5.98. The lowest BCUT2D eigenvalue weighted by Crippen LogP contribution is -2.41. The second kappa shape index (κ2) is 8.75. The fourth-order valence-electron chi connectivity index (χ4n) is 4.05. The van der Waals surface area contributed by atoms with E-state index in [2.05, 4.69) is 51.9 Å². The van der Waals surface area contributed by atoms with E-state index in [1.165, 1.54) is 5.56 Å². The quantitative estimate of drug-likeness (QED) is 0.676. The standard InChI is InChI=1S/C25H35N3O2/c1-17(2)15-18-7-9-19(10-8-18)23(29)20-11-13-28(14-12-20)24(30)21-16-22(25(3,4)5)26-27(21)6/h7-10,16-17,20H,11-15H2,1-6H3. The van der Waals surface area contributed by atoms with Crippen molar-refractivity contribution in [3.8, 4) is 0 Å². The van der Waals surface area contributed by atoms with Gasteiger partial charge in [-0.3, -0.25) is 14.3 Å². The van der Waals surface area contributed by atoms with Crippen molar-refractivity contribution in [2.75, 3.05) is 13.1 Å². The second-order valence-corrected chi connectivity index (χ2v) is 10.0. The van der Waals surface area contributed by atoms with E-state index in [1.54, 1.807) is 4.68 Å². The van der Waals surface area contributed by atoms with Crippen molar-refractivity contribution >= 4 is 11.7 Å². The van der Waals surface area contributed by atoms with Gasteiger partial charge in [-0.2, -0.15) is 5.10 Å². The summed E-state index contributed by atoms with van der Waals surface area (Å²) >= 11 is 0. The van der Waals surface area contributed by atoms with Gasteiger partial charge in [0, 0.05) is 37.0 Å². The maximum absolute atomic E-state index is 13.0. The molecule has 162 valence electrons. The van der Waals surface area contributed by atoms with Gasteiger partial charge in [0.2, 0.25) is 0 Å². The van der Waals surface area contributed by atoms with Gasteiger partial charge in [0.1, 0.15) is 5.69 Å². The normalized spacial score (nSPS) is 15.6. The van der Waals surface area contributed by atoms with Crippen molar-refractivity contribution < 1.29 is 9.59 Å². The summed E-state index contributed by atoms with van der Waals surface area (Å²) in [5, 5.41) is 4.52. The number of Topliss-reactive ketones (excluding diaryl/α,β-unsaturated/α-hetero) is 1. The van der Waals surface area contributed by atoms with Crippen molar-refractivity contribution in [1.29, 1.82) is 0 Å². The number of hydrogen-bond donors (Lipinski definition) is 0. The first-order valence-electron chi connectivity index (χ1n) is 11.0. The third kappa shape index (κ3) is 5.00. The zero-order valence-electron chi connectivity index (χ0n) is 19.2. The Balaban J connectivity index is 1.61. The lowest BCUT2D eigenvalue weighted by Gasteiger charge is -2.31. The minimum Gasteiger partial charge on any atom is -0.337 e. The van der Waals surface area contributed by atoms with Crippen LogP contribution in [0.1, 0.15) is 79.6 Å². The maximum atomic E-state index is 13.0. The molecular formula is C25H35N3O2. The topological polar surface area (TPSA) is 55.2 Å². The number of benzene rings is 1. The SMILES string of the molecule is CC(C)Cc1ccc(C(=O)C2CCN(C(=O)c3cc(C(C)(C)C)nn3C)CC2)cc1. The van der Waals surface area contributed by atoms with Crippen LogP contribution >= 0.6 is 0 Å². The number of aromatic nitrogens is 2. The van der Waals surface area contributed by atoms with Crippen LogP contribution < -0.4 is 0 Å². The number of piperidine rings is 1. The monoisotopic (exact) mass is 409 g/mol. The van der Waals surface area contributed by atoms with Gasteiger partial charge >= 0.3 is 0 Å². The first-order valence-corrected chi connectivity index (χ1v) is 11.0. The summed E-state index contributed by atoms with van der Waals surface area (Å²) in [7, 11) is 1.82. The molecule has 0 bridgehead atoms. The van der Waals surface area contributed by atoms with Gasteiger partial charge in [-0.25, -0.2) is 0 Å². The van der Waals surface area contributed by atoms with E-state index < -0.39 is 0 Å². The Morgan fingerprint density at radius 2 is 1.70 bits per heavy atom. The molecule has 1 aromatic carbocycles. The molecule has 0 atom stereocenters. The van der Waals surface area contributed by atoms with E-state index in [0.29, 0.717) is 37.5 Å². The first kappa shape index (κ1) is 22.3. The molecule has 1 fully saturated rings. The van der Waals surface area contributed by atoms with Gasteiger partial charge in [-0.05, 0) is 36.8 Å². The van der Waals surface area contributed by atoms with Crippen LogP contribution in [-0.4, -0.2) is 39.5 Å². The number of likely N-dealkylation sites (tertiary alicyclic amines) is 1. The minimum atomic E-state index is -0.0968. The van der Waals surface area contributed by atoms with Crippen LogP contribution in [0.25, 0.3) is 0 Å². The van der Waals surface area contributed by atoms with E-state index in [4.69, 9.17) is 0 Å². The summed E-state index contributed by atoms with van der Waals surface area (Å²) in [6.45, 7) is 11.9. The Kier molecular flexibility index (Phi) is 6.49. The van der Waals surface area contributed by atoms with Gasteiger partial charge < -0.3 is 4.90 Å². The Hall–Kier alpha value is -2.43. The Morgan fingerprint density at radius 3 is 2.20 bits per heavy atom. The highest BCUT2D eigenvalue weighted by atomic mass is 16.2. The third-order valence-corrected chi connectivity index (χ3v) is 5.90. The number of carbonyl (C=O) groups is 2. The molecule has 1 aliphatic heterocycles. The van der Waals surface area contributed by atoms with Gasteiger partial charge in [0.25, 0.3) is 5.91 Å². The summed E-state index contributed by atoms with van der Waals surface area (Å²) in [5.74, 6) is 0.798. The molecule has 0 radical (unpaired) electrons. The van der Waals surface area contributed by atoms with Gasteiger partial charge in [0.05, 0.1) is 5.69 Å². The number of ketones is 1. The van der Waals surface area contributed by atoms with E-state index in [-0.39, 0.29) is 23.0 Å². The molecule has 1 amide bonds.